The third-order valence-electron chi connectivity index (χ3n) is 3.32. The van der Waals surface area contributed by atoms with E-state index in [1.54, 1.807) is 25.1 Å². The van der Waals surface area contributed by atoms with Crippen LogP contribution in [0.1, 0.15) is 22.8 Å². The van der Waals surface area contributed by atoms with Crippen molar-refractivity contribution < 1.29 is 28.2 Å². The van der Waals surface area contributed by atoms with Crippen LogP contribution in [-0.2, 0) is 25.5 Å². The lowest BCUT2D eigenvalue weighted by molar-refractivity contribution is -0.146. The summed E-state index contributed by atoms with van der Waals surface area (Å²) in [6.45, 7) is 1.39. The molecule has 0 atom stereocenters. The van der Waals surface area contributed by atoms with Crippen LogP contribution in [-0.4, -0.2) is 31.1 Å². The Morgan fingerprint density at radius 2 is 1.69 bits per heavy atom. The molecule has 7 heteroatoms. The minimum Gasteiger partial charge on any atom is -0.462 e. The van der Waals surface area contributed by atoms with Crippen molar-refractivity contribution in [1.29, 1.82) is 0 Å². The monoisotopic (exact) mass is 359 g/mol. The Bertz CT molecular complexity index is 789. The van der Waals surface area contributed by atoms with Crippen LogP contribution in [0.3, 0.4) is 0 Å². The van der Waals surface area contributed by atoms with Gasteiger partial charge in [-0.1, -0.05) is 24.3 Å². The molecule has 0 aliphatic rings. The zero-order valence-corrected chi connectivity index (χ0v) is 14.2. The van der Waals surface area contributed by atoms with Gasteiger partial charge < -0.3 is 14.8 Å². The van der Waals surface area contributed by atoms with E-state index in [0.717, 1.165) is 0 Å². The smallest absolute Gasteiger partial charge is 0.340 e. The van der Waals surface area contributed by atoms with E-state index in [4.69, 9.17) is 9.47 Å². The van der Waals surface area contributed by atoms with Gasteiger partial charge in [0.1, 0.15) is 5.82 Å². The van der Waals surface area contributed by atoms with E-state index in [-0.39, 0.29) is 24.3 Å². The molecule has 0 fully saturated rings. The Morgan fingerprint density at radius 3 is 2.38 bits per heavy atom. The number of rotatable bonds is 7. The Labute approximate surface area is 149 Å². The van der Waals surface area contributed by atoms with Crippen molar-refractivity contribution in [1.82, 2.24) is 0 Å². The van der Waals surface area contributed by atoms with Gasteiger partial charge in [0.15, 0.2) is 6.61 Å². The summed E-state index contributed by atoms with van der Waals surface area (Å²) < 4.78 is 22.6. The fourth-order valence-electron chi connectivity index (χ4n) is 2.13. The van der Waals surface area contributed by atoms with Gasteiger partial charge in [-0.05, 0) is 36.8 Å². The zero-order chi connectivity index (χ0) is 18.9. The first-order valence-corrected chi connectivity index (χ1v) is 7.95. The topological polar surface area (TPSA) is 81.7 Å². The molecule has 0 saturated carbocycles. The van der Waals surface area contributed by atoms with E-state index < -0.39 is 30.3 Å². The average molecular weight is 359 g/mol. The van der Waals surface area contributed by atoms with Crippen LogP contribution >= 0.6 is 0 Å². The zero-order valence-electron chi connectivity index (χ0n) is 14.2. The van der Waals surface area contributed by atoms with Crippen molar-refractivity contribution in [3.63, 3.8) is 0 Å². The maximum absolute atomic E-state index is 12.8. The second-order valence-electron chi connectivity index (χ2n) is 5.28. The summed E-state index contributed by atoms with van der Waals surface area (Å²) in [6, 6.07) is 11.8. The van der Waals surface area contributed by atoms with Crippen molar-refractivity contribution in [2.24, 2.45) is 0 Å². The SMILES string of the molecule is CCOC(=O)c1ccccc1NC(=O)COC(=O)Cc1ccc(F)cc1. The standard InChI is InChI=1S/C19H18FNO5/c1-2-25-19(24)15-5-3-4-6-16(15)21-17(22)12-26-18(23)11-13-7-9-14(20)10-8-13/h3-10H,2,11-12H2,1H3,(H,21,22). The molecule has 0 radical (unpaired) electrons. The van der Waals surface area contributed by atoms with Gasteiger partial charge in [0.25, 0.3) is 5.91 Å². The van der Waals surface area contributed by atoms with Gasteiger partial charge in [-0.2, -0.15) is 0 Å². The molecule has 0 aliphatic heterocycles. The number of nitrogens with one attached hydrogen (secondary N) is 1. The van der Waals surface area contributed by atoms with Crippen LogP contribution in [0, 0.1) is 5.82 Å². The molecule has 0 saturated heterocycles. The summed E-state index contributed by atoms with van der Waals surface area (Å²) >= 11 is 0. The van der Waals surface area contributed by atoms with Crippen molar-refractivity contribution >= 4 is 23.5 Å². The predicted molar refractivity (Wildman–Crippen MR) is 92.1 cm³/mol. The normalized spacial score (nSPS) is 10.1. The van der Waals surface area contributed by atoms with Crippen LogP contribution in [0.25, 0.3) is 0 Å². The van der Waals surface area contributed by atoms with Crippen molar-refractivity contribution in [2.45, 2.75) is 13.3 Å². The minimum absolute atomic E-state index is 0.0764. The molecule has 1 amide bonds. The highest BCUT2D eigenvalue weighted by molar-refractivity contribution is 6.01. The van der Waals surface area contributed by atoms with Crippen LogP contribution in [0.2, 0.25) is 0 Å². The van der Waals surface area contributed by atoms with Gasteiger partial charge >= 0.3 is 11.9 Å². The first kappa shape index (κ1) is 19.1. The molecular weight excluding hydrogens is 341 g/mol. The number of halogens is 1. The summed E-state index contributed by atoms with van der Waals surface area (Å²) in [6.07, 6.45) is -0.0764. The maximum atomic E-state index is 12.8. The lowest BCUT2D eigenvalue weighted by Gasteiger charge is -2.10. The highest BCUT2D eigenvalue weighted by Crippen LogP contribution is 2.16. The van der Waals surface area contributed by atoms with Crippen molar-refractivity contribution in [3.8, 4) is 0 Å². The van der Waals surface area contributed by atoms with Crippen LogP contribution in [0.15, 0.2) is 48.5 Å². The Morgan fingerprint density at radius 1 is 1.00 bits per heavy atom. The van der Waals surface area contributed by atoms with E-state index in [0.29, 0.717) is 5.56 Å². The molecule has 2 aromatic carbocycles. The number of amides is 1. The number of carbonyl (C=O) groups excluding carboxylic acids is 3. The van der Waals surface area contributed by atoms with Gasteiger partial charge in [-0.25, -0.2) is 9.18 Å². The number of esters is 2. The summed E-state index contributed by atoms with van der Waals surface area (Å²) in [5.74, 6) is -2.17. The largest absolute Gasteiger partial charge is 0.462 e. The molecule has 0 unspecified atom stereocenters. The van der Waals surface area contributed by atoms with Gasteiger partial charge in [-0.3, -0.25) is 9.59 Å². The van der Waals surface area contributed by atoms with Crippen molar-refractivity contribution in [3.05, 3.63) is 65.5 Å². The Kier molecular flexibility index (Phi) is 6.84. The molecule has 26 heavy (non-hydrogen) atoms. The van der Waals surface area contributed by atoms with E-state index in [1.807, 2.05) is 0 Å². The number of hydrogen-bond acceptors (Lipinski definition) is 5. The first-order chi connectivity index (χ1) is 12.5. The number of para-hydroxylation sites is 1. The third kappa shape index (κ3) is 5.70. The highest BCUT2D eigenvalue weighted by atomic mass is 19.1. The molecule has 1 N–H and O–H groups in total. The number of carbonyl (C=O) groups is 3. The second-order valence-corrected chi connectivity index (χ2v) is 5.28. The molecule has 6 nitrogen and oxygen atoms in total. The number of anilines is 1. The molecule has 2 rings (SSSR count). The summed E-state index contributed by atoms with van der Waals surface area (Å²) in [4.78, 5) is 35.6. The molecule has 2 aromatic rings. The fraction of sp³-hybridized carbons (Fsp3) is 0.211. The van der Waals surface area contributed by atoms with Gasteiger partial charge in [0.05, 0.1) is 24.3 Å². The number of hydrogen-bond donors (Lipinski definition) is 1. The van der Waals surface area contributed by atoms with Crippen LogP contribution in [0.4, 0.5) is 10.1 Å². The number of benzene rings is 2. The quantitative estimate of drug-likeness (QED) is 0.769. The highest BCUT2D eigenvalue weighted by Gasteiger charge is 2.15. The van der Waals surface area contributed by atoms with Gasteiger partial charge in [0.2, 0.25) is 0 Å². The van der Waals surface area contributed by atoms with Crippen molar-refractivity contribution in [2.75, 3.05) is 18.5 Å². The summed E-state index contributed by atoms with van der Waals surface area (Å²) in [5.41, 5.74) is 1.05. The van der Waals surface area contributed by atoms with E-state index in [2.05, 4.69) is 5.32 Å². The molecule has 0 aliphatic carbocycles. The van der Waals surface area contributed by atoms with Gasteiger partial charge in [-0.15, -0.1) is 0 Å². The van der Waals surface area contributed by atoms with Crippen LogP contribution in [0.5, 0.6) is 0 Å². The molecule has 0 aromatic heterocycles. The molecular formula is C19H18FNO5. The molecule has 0 heterocycles. The first-order valence-electron chi connectivity index (χ1n) is 7.95. The van der Waals surface area contributed by atoms with E-state index >= 15 is 0 Å². The minimum atomic E-state index is -0.620. The summed E-state index contributed by atoms with van der Waals surface area (Å²) in [7, 11) is 0. The van der Waals surface area contributed by atoms with Crippen LogP contribution < -0.4 is 5.32 Å². The third-order valence-corrected chi connectivity index (χ3v) is 3.32. The number of ether oxygens (including phenoxy) is 2. The van der Waals surface area contributed by atoms with Gasteiger partial charge in [0, 0.05) is 0 Å². The Hall–Kier alpha value is -3.22. The molecule has 0 spiro atoms. The summed E-state index contributed by atoms with van der Waals surface area (Å²) in [5, 5.41) is 2.51. The lowest BCUT2D eigenvalue weighted by atomic mass is 10.1. The molecule has 136 valence electrons. The lowest BCUT2D eigenvalue weighted by Crippen LogP contribution is -2.23. The fourth-order valence-corrected chi connectivity index (χ4v) is 2.13. The average Bonchev–Trinajstić information content (AvgIpc) is 2.62. The Balaban J connectivity index is 1.88. The van der Waals surface area contributed by atoms with E-state index in [9.17, 15) is 18.8 Å². The maximum Gasteiger partial charge on any atom is 0.340 e. The predicted octanol–water partition coefficient (Wildman–Crippen LogP) is 2.73. The van der Waals surface area contributed by atoms with E-state index in [1.165, 1.54) is 30.3 Å². The molecule has 0 bridgehead atoms. The second kappa shape index (κ2) is 9.31.